The monoisotopic (exact) mass is 549 g/mol. The molecule has 0 unspecified atom stereocenters. The lowest BCUT2D eigenvalue weighted by atomic mass is 9.72. The van der Waals surface area contributed by atoms with Gasteiger partial charge in [0.1, 0.15) is 5.58 Å². The summed E-state index contributed by atoms with van der Waals surface area (Å²) in [6.07, 6.45) is 0. The van der Waals surface area contributed by atoms with Gasteiger partial charge in [0.25, 0.3) is 0 Å². The maximum absolute atomic E-state index is 10.5. The number of fused-ring (bicyclic) bond motifs is 4. The minimum Gasteiger partial charge on any atom is -0.453 e. The molecule has 0 saturated heterocycles. The Bertz CT molecular complexity index is 2060. The number of hydrogen-bond donors (Lipinski definition) is 4. The Kier molecular flexibility index (Phi) is 6.53. The summed E-state index contributed by atoms with van der Waals surface area (Å²) in [6, 6.07) is 40.7. The molecular weight excluding hydrogens is 524 g/mol. The Hall–Kier alpha value is -4.85. The molecule has 0 spiro atoms. The largest absolute Gasteiger partial charge is 0.489 e. The number of hydrogen-bond acceptors (Lipinski definition) is 6. The fourth-order valence-electron chi connectivity index (χ4n) is 5.78. The van der Waals surface area contributed by atoms with Crippen molar-refractivity contribution in [2.24, 2.45) is 0 Å². The van der Waals surface area contributed by atoms with Crippen molar-refractivity contribution in [3.63, 3.8) is 0 Å². The van der Waals surface area contributed by atoms with E-state index in [2.05, 4.69) is 29.2 Å². The van der Waals surface area contributed by atoms with Gasteiger partial charge in [0.2, 0.25) is 0 Å². The molecule has 0 aliphatic heterocycles. The minimum absolute atomic E-state index is 0.200. The minimum atomic E-state index is -1.82. The summed E-state index contributed by atoms with van der Waals surface area (Å²) >= 11 is 0. The van der Waals surface area contributed by atoms with Crippen LogP contribution in [0.15, 0.2) is 132 Å². The highest BCUT2D eigenvalue weighted by Crippen LogP contribution is 2.43. The summed E-state index contributed by atoms with van der Waals surface area (Å²) in [5.41, 5.74) is 5.24. The molecule has 0 fully saturated rings. The third kappa shape index (κ3) is 4.34. The predicted molar refractivity (Wildman–Crippen MR) is 171 cm³/mol. The van der Waals surface area contributed by atoms with Crippen LogP contribution in [0.1, 0.15) is 0 Å². The number of nitrogens with zero attached hydrogens (tertiary/aromatic N) is 1. The van der Waals surface area contributed by atoms with Crippen molar-refractivity contribution in [3.05, 3.63) is 127 Å². The maximum atomic E-state index is 10.5. The summed E-state index contributed by atoms with van der Waals surface area (Å²) in [7, 11) is -3.63. The average molecular weight is 549 g/mol. The highest BCUT2D eigenvalue weighted by molar-refractivity contribution is 6.66. The van der Waals surface area contributed by atoms with Gasteiger partial charge < -0.3 is 29.4 Å². The van der Waals surface area contributed by atoms with Gasteiger partial charge in [-0.05, 0) is 57.6 Å². The van der Waals surface area contributed by atoms with Crippen molar-refractivity contribution in [2.75, 3.05) is 4.90 Å². The van der Waals surface area contributed by atoms with Gasteiger partial charge in [-0.1, -0.05) is 97.1 Å². The third-order valence-corrected chi connectivity index (χ3v) is 7.70. The van der Waals surface area contributed by atoms with Crippen LogP contribution in [0.4, 0.5) is 17.1 Å². The van der Waals surface area contributed by atoms with Crippen LogP contribution in [0.5, 0.6) is 0 Å². The molecule has 42 heavy (non-hydrogen) atoms. The third-order valence-electron chi connectivity index (χ3n) is 7.70. The Morgan fingerprint density at radius 3 is 1.79 bits per heavy atom. The number of anilines is 3. The van der Waals surface area contributed by atoms with Gasteiger partial charge >= 0.3 is 14.2 Å². The van der Waals surface area contributed by atoms with Gasteiger partial charge in [-0.25, -0.2) is 0 Å². The molecule has 4 N–H and O–H groups in total. The van der Waals surface area contributed by atoms with E-state index in [-0.39, 0.29) is 10.9 Å². The topological polar surface area (TPSA) is 97.3 Å². The quantitative estimate of drug-likeness (QED) is 0.212. The van der Waals surface area contributed by atoms with E-state index < -0.39 is 14.2 Å². The Morgan fingerprint density at radius 2 is 1.10 bits per heavy atom. The summed E-state index contributed by atoms with van der Waals surface area (Å²) < 4.78 is 6.68. The molecule has 6 nitrogen and oxygen atoms in total. The summed E-state index contributed by atoms with van der Waals surface area (Å²) in [5, 5.41) is 44.7. The van der Waals surface area contributed by atoms with E-state index in [1.807, 2.05) is 78.9 Å². The molecule has 0 aliphatic carbocycles. The molecule has 0 atom stereocenters. The van der Waals surface area contributed by atoms with Crippen LogP contribution in [0.25, 0.3) is 43.8 Å². The first-order valence-corrected chi connectivity index (χ1v) is 13.6. The molecule has 0 radical (unpaired) electrons. The average Bonchev–Trinajstić information content (AvgIpc) is 3.42. The lowest BCUT2D eigenvalue weighted by Gasteiger charge is -2.26. The molecule has 1 aromatic heterocycles. The van der Waals surface area contributed by atoms with Crippen molar-refractivity contribution in [1.82, 2.24) is 0 Å². The zero-order valence-corrected chi connectivity index (χ0v) is 22.4. The molecule has 0 saturated carbocycles. The molecule has 7 rings (SSSR count). The first kappa shape index (κ1) is 26.1. The number of rotatable bonds is 6. The lowest BCUT2D eigenvalue weighted by molar-refractivity contribution is 0.424. The maximum Gasteiger partial charge on any atom is 0.489 e. The molecule has 0 amide bonds. The number of para-hydroxylation sites is 1. The van der Waals surface area contributed by atoms with Crippen LogP contribution in [0.3, 0.4) is 0 Å². The number of furan rings is 1. The molecule has 6 aromatic carbocycles. The van der Waals surface area contributed by atoms with Crippen LogP contribution in [0, 0.1) is 0 Å². The molecule has 8 heteroatoms. The number of benzene rings is 6. The Balaban J connectivity index is 1.60. The van der Waals surface area contributed by atoms with Crippen molar-refractivity contribution in [2.45, 2.75) is 0 Å². The van der Waals surface area contributed by atoms with E-state index in [1.54, 1.807) is 24.3 Å². The second-order valence-electron chi connectivity index (χ2n) is 10.2. The molecular formula is C34H25B2NO5. The van der Waals surface area contributed by atoms with Crippen LogP contribution < -0.4 is 15.8 Å². The fraction of sp³-hybridized carbons (Fsp3) is 0. The zero-order valence-electron chi connectivity index (χ0n) is 22.4. The van der Waals surface area contributed by atoms with Crippen LogP contribution >= 0.6 is 0 Å². The highest BCUT2D eigenvalue weighted by atomic mass is 16.4. The SMILES string of the molecule is OB(O)c1ccc(-c2ccccc2)c2oc3c(N(c4ccccc4)c4ccc5ccccc5c4)ccc(B(O)O)c3c12. The standard InChI is InChI=1S/C34H25B2NO5/c38-35(39)28-18-17-27(23-10-3-1-4-11-23)33-31(28)32-29(36(40)41)19-20-30(34(32)42-33)37(25-13-5-2-6-14-25)26-16-15-22-9-7-8-12-24(22)21-26/h1-21,38-41H. The normalized spacial score (nSPS) is 11.3. The van der Waals surface area contributed by atoms with Crippen molar-refractivity contribution < 1.29 is 24.5 Å². The van der Waals surface area contributed by atoms with Crippen LogP contribution in [-0.2, 0) is 0 Å². The van der Waals surface area contributed by atoms with Gasteiger partial charge in [-0.2, -0.15) is 0 Å². The second kappa shape index (κ2) is 10.5. The Morgan fingerprint density at radius 1 is 0.500 bits per heavy atom. The van der Waals surface area contributed by atoms with Gasteiger partial charge in [0.05, 0.1) is 5.69 Å². The van der Waals surface area contributed by atoms with Crippen LogP contribution in [-0.4, -0.2) is 34.3 Å². The molecule has 0 aliphatic rings. The molecule has 202 valence electrons. The molecule has 0 bridgehead atoms. The lowest BCUT2D eigenvalue weighted by Crippen LogP contribution is -2.33. The van der Waals surface area contributed by atoms with E-state index >= 15 is 0 Å². The van der Waals surface area contributed by atoms with E-state index in [1.165, 1.54) is 0 Å². The first-order valence-electron chi connectivity index (χ1n) is 13.6. The van der Waals surface area contributed by atoms with Crippen molar-refractivity contribution in [3.8, 4) is 11.1 Å². The molecule has 1 heterocycles. The predicted octanol–water partition coefficient (Wildman–Crippen LogP) is 5.24. The fourth-order valence-corrected chi connectivity index (χ4v) is 5.78. The van der Waals surface area contributed by atoms with Crippen molar-refractivity contribution in [1.29, 1.82) is 0 Å². The van der Waals surface area contributed by atoms with E-state index in [9.17, 15) is 20.1 Å². The first-order chi connectivity index (χ1) is 20.5. The van der Waals surface area contributed by atoms with Crippen molar-refractivity contribution >= 4 is 74.9 Å². The zero-order chi connectivity index (χ0) is 28.8. The van der Waals surface area contributed by atoms with Gasteiger partial charge in [-0.3, -0.25) is 0 Å². The summed E-state index contributed by atoms with van der Waals surface area (Å²) in [4.78, 5) is 2.06. The van der Waals surface area contributed by atoms with E-state index in [0.29, 0.717) is 27.6 Å². The smallest absolute Gasteiger partial charge is 0.453 e. The van der Waals surface area contributed by atoms with Gasteiger partial charge in [-0.15, -0.1) is 0 Å². The van der Waals surface area contributed by atoms with E-state index in [4.69, 9.17) is 4.42 Å². The van der Waals surface area contributed by atoms with Crippen LogP contribution in [0.2, 0.25) is 0 Å². The molecule has 7 aromatic rings. The summed E-state index contributed by atoms with van der Waals surface area (Å²) in [6.45, 7) is 0. The van der Waals surface area contributed by atoms with E-state index in [0.717, 1.165) is 33.3 Å². The highest BCUT2D eigenvalue weighted by Gasteiger charge is 2.29. The van der Waals surface area contributed by atoms with Gasteiger partial charge in [0, 0.05) is 27.7 Å². The summed E-state index contributed by atoms with van der Waals surface area (Å²) in [5.74, 6) is 0. The van der Waals surface area contributed by atoms with Gasteiger partial charge in [0.15, 0.2) is 5.58 Å². The Labute approximate surface area is 242 Å². The second-order valence-corrected chi connectivity index (χ2v) is 10.2.